The zero-order valence-corrected chi connectivity index (χ0v) is 11.4. The molecule has 0 aliphatic heterocycles. The van der Waals surface area contributed by atoms with Crippen LogP contribution < -0.4 is 10.9 Å². The highest BCUT2D eigenvalue weighted by molar-refractivity contribution is 6.09. The maximum absolute atomic E-state index is 12.0. The highest BCUT2D eigenvalue weighted by atomic mass is 16.2. The maximum atomic E-state index is 12.0. The van der Waals surface area contributed by atoms with Crippen molar-refractivity contribution in [1.82, 2.24) is 20.8 Å². The molecule has 0 atom stereocenters. The molecule has 0 saturated carbocycles. The molecular formula is C15H16N4O. The standard InChI is InChI=1S/C15H16N4O/c1-3-16-19-15(20)13-8-11-10-6-4-5-7-12(10)18-14(11)9(2)17-13/h4-8,16,18H,3H2,1-2H3,(H,19,20). The number of hydrogen-bond acceptors (Lipinski definition) is 3. The topological polar surface area (TPSA) is 69.8 Å². The highest BCUT2D eigenvalue weighted by Gasteiger charge is 2.13. The van der Waals surface area contributed by atoms with Crippen molar-refractivity contribution in [2.75, 3.05) is 6.54 Å². The van der Waals surface area contributed by atoms with E-state index in [2.05, 4.69) is 20.8 Å². The Hall–Kier alpha value is -2.40. The first-order valence-corrected chi connectivity index (χ1v) is 6.62. The van der Waals surface area contributed by atoms with Gasteiger partial charge in [0.25, 0.3) is 5.91 Å². The van der Waals surface area contributed by atoms with Gasteiger partial charge in [-0.05, 0) is 19.1 Å². The zero-order chi connectivity index (χ0) is 14.1. The minimum atomic E-state index is -0.220. The van der Waals surface area contributed by atoms with Gasteiger partial charge in [0.2, 0.25) is 0 Å². The second kappa shape index (κ2) is 4.94. The number of pyridine rings is 1. The number of nitrogens with zero attached hydrogens (tertiary/aromatic N) is 1. The van der Waals surface area contributed by atoms with Crippen LogP contribution in [-0.2, 0) is 0 Å². The first-order chi connectivity index (χ1) is 9.70. The fraction of sp³-hybridized carbons (Fsp3) is 0.200. The predicted molar refractivity (Wildman–Crippen MR) is 79.5 cm³/mol. The molecule has 1 amide bonds. The van der Waals surface area contributed by atoms with E-state index in [0.717, 1.165) is 27.5 Å². The van der Waals surface area contributed by atoms with Crippen LogP contribution in [0.2, 0.25) is 0 Å². The van der Waals surface area contributed by atoms with E-state index in [9.17, 15) is 4.79 Å². The van der Waals surface area contributed by atoms with E-state index in [1.807, 2.05) is 44.2 Å². The third kappa shape index (κ3) is 2.02. The van der Waals surface area contributed by atoms with Crippen molar-refractivity contribution in [3.63, 3.8) is 0 Å². The van der Waals surface area contributed by atoms with E-state index in [-0.39, 0.29) is 5.91 Å². The van der Waals surface area contributed by atoms with Crippen LogP contribution in [0.5, 0.6) is 0 Å². The van der Waals surface area contributed by atoms with E-state index in [4.69, 9.17) is 0 Å². The Labute approximate surface area is 116 Å². The monoisotopic (exact) mass is 268 g/mol. The lowest BCUT2D eigenvalue weighted by atomic mass is 10.1. The van der Waals surface area contributed by atoms with Gasteiger partial charge in [-0.25, -0.2) is 10.4 Å². The Kier molecular flexibility index (Phi) is 3.12. The molecule has 5 nitrogen and oxygen atoms in total. The van der Waals surface area contributed by atoms with E-state index in [1.165, 1.54) is 0 Å². The number of rotatable bonds is 3. The third-order valence-electron chi connectivity index (χ3n) is 3.29. The van der Waals surface area contributed by atoms with Gasteiger partial charge in [-0.2, -0.15) is 0 Å². The number of amides is 1. The minimum absolute atomic E-state index is 0.220. The average Bonchev–Trinajstić information content (AvgIpc) is 2.84. The van der Waals surface area contributed by atoms with Crippen molar-refractivity contribution in [3.8, 4) is 0 Å². The van der Waals surface area contributed by atoms with Gasteiger partial charge in [0.1, 0.15) is 5.69 Å². The number of nitrogens with one attached hydrogen (secondary N) is 3. The smallest absolute Gasteiger partial charge is 0.283 e. The Balaban J connectivity index is 2.17. The van der Waals surface area contributed by atoms with Gasteiger partial charge in [-0.3, -0.25) is 10.2 Å². The van der Waals surface area contributed by atoms with Gasteiger partial charge in [0.15, 0.2) is 0 Å². The van der Waals surface area contributed by atoms with E-state index >= 15 is 0 Å². The molecule has 0 unspecified atom stereocenters. The van der Waals surface area contributed by atoms with Gasteiger partial charge >= 0.3 is 0 Å². The second-order valence-electron chi connectivity index (χ2n) is 4.67. The molecule has 3 rings (SSSR count). The third-order valence-corrected chi connectivity index (χ3v) is 3.29. The summed E-state index contributed by atoms with van der Waals surface area (Å²) in [5.41, 5.74) is 8.68. The van der Waals surface area contributed by atoms with Gasteiger partial charge in [-0.1, -0.05) is 25.1 Å². The van der Waals surface area contributed by atoms with Crippen LogP contribution in [0, 0.1) is 6.92 Å². The van der Waals surface area contributed by atoms with Gasteiger partial charge < -0.3 is 4.98 Å². The summed E-state index contributed by atoms with van der Waals surface area (Å²) in [6, 6.07) is 9.86. The van der Waals surface area contributed by atoms with Gasteiger partial charge in [0, 0.05) is 22.8 Å². The number of aromatic amines is 1. The molecule has 0 spiro atoms. The highest BCUT2D eigenvalue weighted by Crippen LogP contribution is 2.27. The molecule has 5 heteroatoms. The number of H-pyrrole nitrogens is 1. The Morgan fingerprint density at radius 2 is 2.10 bits per heavy atom. The largest absolute Gasteiger partial charge is 0.353 e. The SMILES string of the molecule is CCNNC(=O)c1cc2c([nH]c3ccccc32)c(C)n1. The summed E-state index contributed by atoms with van der Waals surface area (Å²) in [5.74, 6) is -0.220. The zero-order valence-electron chi connectivity index (χ0n) is 11.4. The number of aromatic nitrogens is 2. The molecule has 0 aliphatic carbocycles. The molecule has 20 heavy (non-hydrogen) atoms. The summed E-state index contributed by atoms with van der Waals surface area (Å²) in [5, 5.41) is 2.13. The normalized spacial score (nSPS) is 11.1. The number of hydrazine groups is 1. The lowest BCUT2D eigenvalue weighted by molar-refractivity contribution is 0.0929. The van der Waals surface area contributed by atoms with Crippen LogP contribution in [0.15, 0.2) is 30.3 Å². The number of carbonyl (C=O) groups excluding carboxylic acids is 1. The molecule has 0 saturated heterocycles. The fourth-order valence-corrected chi connectivity index (χ4v) is 2.35. The molecule has 102 valence electrons. The Bertz CT molecular complexity index is 791. The van der Waals surface area contributed by atoms with Crippen LogP contribution in [0.1, 0.15) is 23.1 Å². The molecule has 1 aromatic carbocycles. The molecule has 2 aromatic heterocycles. The molecule has 3 aromatic rings. The molecule has 0 radical (unpaired) electrons. The van der Waals surface area contributed by atoms with Gasteiger partial charge in [-0.15, -0.1) is 0 Å². The minimum Gasteiger partial charge on any atom is -0.353 e. The van der Waals surface area contributed by atoms with E-state index < -0.39 is 0 Å². The number of para-hydroxylation sites is 1. The van der Waals surface area contributed by atoms with Gasteiger partial charge in [0.05, 0.1) is 11.2 Å². The van der Waals surface area contributed by atoms with E-state index in [0.29, 0.717) is 12.2 Å². The average molecular weight is 268 g/mol. The summed E-state index contributed by atoms with van der Waals surface area (Å²) in [6.07, 6.45) is 0. The van der Waals surface area contributed by atoms with Crippen molar-refractivity contribution >= 4 is 27.7 Å². The summed E-state index contributed by atoms with van der Waals surface area (Å²) >= 11 is 0. The lowest BCUT2D eigenvalue weighted by Gasteiger charge is -2.05. The quantitative estimate of drug-likeness (QED) is 0.638. The summed E-state index contributed by atoms with van der Waals surface area (Å²) < 4.78 is 0. The fourth-order valence-electron chi connectivity index (χ4n) is 2.35. The van der Waals surface area contributed by atoms with Crippen LogP contribution in [0.25, 0.3) is 21.8 Å². The molecule has 0 fully saturated rings. The molecule has 2 heterocycles. The number of fused-ring (bicyclic) bond motifs is 3. The van der Waals surface area contributed by atoms with Crippen LogP contribution in [0.3, 0.4) is 0 Å². The predicted octanol–water partition coefficient (Wildman–Crippen LogP) is 2.28. The number of benzene rings is 1. The summed E-state index contributed by atoms with van der Waals surface area (Å²) in [6.45, 7) is 4.49. The Morgan fingerprint density at radius 1 is 1.30 bits per heavy atom. The first-order valence-electron chi connectivity index (χ1n) is 6.62. The number of hydrogen-bond donors (Lipinski definition) is 3. The van der Waals surface area contributed by atoms with Crippen LogP contribution in [-0.4, -0.2) is 22.4 Å². The Morgan fingerprint density at radius 3 is 2.90 bits per heavy atom. The second-order valence-corrected chi connectivity index (χ2v) is 4.67. The van der Waals surface area contributed by atoms with Crippen LogP contribution >= 0.6 is 0 Å². The van der Waals surface area contributed by atoms with Crippen molar-refractivity contribution < 1.29 is 4.79 Å². The first kappa shape index (κ1) is 12.6. The van der Waals surface area contributed by atoms with Crippen LogP contribution in [0.4, 0.5) is 0 Å². The lowest BCUT2D eigenvalue weighted by Crippen LogP contribution is -2.37. The van der Waals surface area contributed by atoms with Crippen molar-refractivity contribution in [2.24, 2.45) is 0 Å². The maximum Gasteiger partial charge on any atom is 0.283 e. The summed E-state index contributed by atoms with van der Waals surface area (Å²) in [7, 11) is 0. The van der Waals surface area contributed by atoms with Crippen molar-refractivity contribution in [2.45, 2.75) is 13.8 Å². The molecule has 3 N–H and O–H groups in total. The molecule has 0 aliphatic rings. The molecule has 0 bridgehead atoms. The number of carbonyl (C=O) groups is 1. The van der Waals surface area contributed by atoms with Crippen molar-refractivity contribution in [1.29, 1.82) is 0 Å². The summed E-state index contributed by atoms with van der Waals surface area (Å²) in [4.78, 5) is 19.7. The number of aryl methyl sites for hydroxylation is 1. The van der Waals surface area contributed by atoms with E-state index in [1.54, 1.807) is 0 Å². The van der Waals surface area contributed by atoms with Crippen molar-refractivity contribution in [3.05, 3.63) is 41.7 Å². The molecular weight excluding hydrogens is 252 g/mol.